The Balaban J connectivity index is 1.79. The van der Waals surface area contributed by atoms with Crippen LogP contribution in [0.5, 0.6) is 0 Å². The summed E-state index contributed by atoms with van der Waals surface area (Å²) in [6, 6.07) is 9.36. The predicted molar refractivity (Wildman–Crippen MR) is 100 cm³/mol. The number of piperazine rings is 1. The van der Waals surface area contributed by atoms with Crippen LogP contribution in [0.3, 0.4) is 0 Å². The van der Waals surface area contributed by atoms with Crippen LogP contribution in [-0.4, -0.2) is 45.8 Å². The van der Waals surface area contributed by atoms with E-state index in [4.69, 9.17) is 0 Å². The van der Waals surface area contributed by atoms with Crippen LogP contribution in [0, 0.1) is 6.92 Å². The first kappa shape index (κ1) is 18.0. The minimum absolute atomic E-state index is 0.0505. The topological polar surface area (TPSA) is 66.4 Å². The third-order valence-corrected chi connectivity index (χ3v) is 4.60. The first-order chi connectivity index (χ1) is 12.4. The molecule has 0 unspecified atom stereocenters. The second kappa shape index (κ2) is 7.23. The molecule has 3 rings (SSSR count). The van der Waals surface area contributed by atoms with Gasteiger partial charge < -0.3 is 9.80 Å². The monoisotopic (exact) mass is 352 g/mol. The van der Waals surface area contributed by atoms with E-state index < -0.39 is 0 Å². The van der Waals surface area contributed by atoms with Gasteiger partial charge in [-0.2, -0.15) is 0 Å². The van der Waals surface area contributed by atoms with Gasteiger partial charge in [-0.25, -0.2) is 9.97 Å². The van der Waals surface area contributed by atoms with Crippen molar-refractivity contribution in [1.29, 1.82) is 0 Å². The van der Waals surface area contributed by atoms with Gasteiger partial charge >= 0.3 is 0 Å². The van der Waals surface area contributed by atoms with E-state index >= 15 is 0 Å². The summed E-state index contributed by atoms with van der Waals surface area (Å²) >= 11 is 0. The number of anilines is 1. The van der Waals surface area contributed by atoms with Gasteiger partial charge in [0.2, 0.25) is 5.91 Å². The molecule has 0 aliphatic carbocycles. The molecular formula is C20H24N4O2. The Hall–Kier alpha value is -2.76. The highest BCUT2D eigenvalue weighted by molar-refractivity contribution is 6.01. The van der Waals surface area contributed by atoms with Crippen molar-refractivity contribution < 1.29 is 9.59 Å². The molecule has 1 atom stereocenters. The fourth-order valence-corrected chi connectivity index (χ4v) is 3.02. The molecule has 6 heteroatoms. The summed E-state index contributed by atoms with van der Waals surface area (Å²) in [7, 11) is 0. The van der Waals surface area contributed by atoms with Crippen molar-refractivity contribution in [2.45, 2.75) is 39.7 Å². The van der Waals surface area contributed by atoms with Crippen molar-refractivity contribution >= 4 is 17.5 Å². The molecule has 0 saturated carbocycles. The summed E-state index contributed by atoms with van der Waals surface area (Å²) in [5.74, 6) is 0.463. The fourth-order valence-electron chi connectivity index (χ4n) is 3.02. The highest BCUT2D eigenvalue weighted by Gasteiger charge is 2.34. The van der Waals surface area contributed by atoms with Crippen LogP contribution in [0.2, 0.25) is 0 Å². The molecule has 1 aromatic heterocycles. The van der Waals surface area contributed by atoms with Gasteiger partial charge in [0, 0.05) is 30.4 Å². The molecule has 26 heavy (non-hydrogen) atoms. The Morgan fingerprint density at radius 1 is 1.19 bits per heavy atom. The number of carbonyl (C=O) groups excluding carboxylic acids is 2. The van der Waals surface area contributed by atoms with Crippen molar-refractivity contribution in [1.82, 2.24) is 14.9 Å². The third kappa shape index (κ3) is 3.59. The number of rotatable bonds is 3. The maximum atomic E-state index is 12.9. The molecule has 6 nitrogen and oxygen atoms in total. The Bertz CT molecular complexity index is 817. The van der Waals surface area contributed by atoms with Crippen molar-refractivity contribution in [2.75, 3.05) is 18.0 Å². The Kier molecular flexibility index (Phi) is 5.02. The van der Waals surface area contributed by atoms with Crippen LogP contribution in [0.4, 0.5) is 5.69 Å². The van der Waals surface area contributed by atoms with E-state index in [1.165, 1.54) is 0 Å². The molecule has 0 radical (unpaired) electrons. The van der Waals surface area contributed by atoms with Gasteiger partial charge in [-0.05, 0) is 32.0 Å². The van der Waals surface area contributed by atoms with Gasteiger partial charge in [-0.3, -0.25) is 9.59 Å². The van der Waals surface area contributed by atoms with E-state index in [1.54, 1.807) is 22.1 Å². The lowest BCUT2D eigenvalue weighted by Crippen LogP contribution is -2.57. The maximum Gasteiger partial charge on any atom is 0.273 e. The van der Waals surface area contributed by atoms with E-state index in [0.29, 0.717) is 18.1 Å². The quantitative estimate of drug-likeness (QED) is 0.852. The molecule has 1 aliphatic rings. The SMILES string of the molecule is Cc1ccc(N2C[C@@H](C)N(C(=O)c3ccnc(C(C)C)n3)CC2=O)cc1. The molecule has 0 bridgehead atoms. The average Bonchev–Trinajstić information content (AvgIpc) is 2.63. The zero-order valence-corrected chi connectivity index (χ0v) is 15.6. The van der Waals surface area contributed by atoms with E-state index in [9.17, 15) is 9.59 Å². The van der Waals surface area contributed by atoms with Gasteiger partial charge in [0.15, 0.2) is 0 Å². The molecule has 1 aliphatic heterocycles. The van der Waals surface area contributed by atoms with Crippen molar-refractivity contribution in [3.63, 3.8) is 0 Å². The molecule has 1 saturated heterocycles. The second-order valence-corrected chi connectivity index (χ2v) is 7.08. The number of carbonyl (C=O) groups is 2. The first-order valence-electron chi connectivity index (χ1n) is 8.87. The van der Waals surface area contributed by atoms with Crippen LogP contribution in [-0.2, 0) is 4.79 Å². The van der Waals surface area contributed by atoms with Crippen molar-refractivity contribution in [3.8, 4) is 0 Å². The molecule has 2 heterocycles. The summed E-state index contributed by atoms with van der Waals surface area (Å²) in [5, 5.41) is 0. The van der Waals surface area contributed by atoms with Gasteiger partial charge in [-0.15, -0.1) is 0 Å². The Morgan fingerprint density at radius 2 is 1.88 bits per heavy atom. The van der Waals surface area contributed by atoms with Crippen molar-refractivity contribution in [2.24, 2.45) is 0 Å². The molecular weight excluding hydrogens is 328 g/mol. The summed E-state index contributed by atoms with van der Waals surface area (Å²) < 4.78 is 0. The molecule has 0 N–H and O–H groups in total. The minimum Gasteiger partial charge on any atom is -0.323 e. The smallest absolute Gasteiger partial charge is 0.273 e. The van der Waals surface area contributed by atoms with Crippen molar-refractivity contribution in [3.05, 3.63) is 53.6 Å². The van der Waals surface area contributed by atoms with Gasteiger partial charge in [0.1, 0.15) is 18.1 Å². The highest BCUT2D eigenvalue weighted by Crippen LogP contribution is 2.22. The normalized spacial score (nSPS) is 17.7. The molecule has 0 spiro atoms. The number of amides is 2. The van der Waals surface area contributed by atoms with Gasteiger partial charge in [0.05, 0.1) is 0 Å². The van der Waals surface area contributed by atoms with E-state index in [0.717, 1.165) is 11.3 Å². The van der Waals surface area contributed by atoms with Crippen LogP contribution in [0.25, 0.3) is 0 Å². The number of benzene rings is 1. The molecule has 136 valence electrons. The number of aromatic nitrogens is 2. The van der Waals surface area contributed by atoms with Crippen LogP contribution in [0.1, 0.15) is 48.6 Å². The summed E-state index contributed by atoms with van der Waals surface area (Å²) in [6.45, 7) is 8.45. The standard InChI is InChI=1S/C20H24N4O2/c1-13(2)19-21-10-9-17(22-19)20(26)23-12-18(25)24(11-15(23)4)16-7-5-14(3)6-8-16/h5-10,13,15H,11-12H2,1-4H3/t15-/m1/s1. The summed E-state index contributed by atoms with van der Waals surface area (Å²) in [4.78, 5) is 37.4. The Morgan fingerprint density at radius 3 is 2.54 bits per heavy atom. The first-order valence-corrected chi connectivity index (χ1v) is 8.87. The predicted octanol–water partition coefficient (Wildman–Crippen LogP) is 2.79. The van der Waals surface area contributed by atoms with Crippen LogP contribution >= 0.6 is 0 Å². The zero-order valence-electron chi connectivity index (χ0n) is 15.6. The molecule has 2 aromatic rings. The highest BCUT2D eigenvalue weighted by atomic mass is 16.2. The maximum absolute atomic E-state index is 12.9. The summed E-state index contributed by atoms with van der Waals surface area (Å²) in [5.41, 5.74) is 2.35. The number of hydrogen-bond donors (Lipinski definition) is 0. The van der Waals surface area contributed by atoms with Crippen LogP contribution in [0.15, 0.2) is 36.5 Å². The second-order valence-electron chi connectivity index (χ2n) is 7.08. The minimum atomic E-state index is -0.223. The van der Waals surface area contributed by atoms with Gasteiger partial charge in [-0.1, -0.05) is 31.5 Å². The molecule has 1 aromatic carbocycles. The number of hydrogen-bond acceptors (Lipinski definition) is 4. The average molecular weight is 352 g/mol. The van der Waals surface area contributed by atoms with Crippen LogP contribution < -0.4 is 4.90 Å². The van der Waals surface area contributed by atoms with E-state index in [2.05, 4.69) is 9.97 Å². The molecule has 1 fully saturated rings. The largest absolute Gasteiger partial charge is 0.323 e. The third-order valence-electron chi connectivity index (χ3n) is 4.60. The lowest BCUT2D eigenvalue weighted by Gasteiger charge is -2.39. The zero-order chi connectivity index (χ0) is 18.8. The van der Waals surface area contributed by atoms with E-state index in [1.807, 2.05) is 52.0 Å². The number of nitrogens with zero attached hydrogens (tertiary/aromatic N) is 4. The van der Waals surface area contributed by atoms with E-state index in [-0.39, 0.29) is 30.3 Å². The van der Waals surface area contributed by atoms with Gasteiger partial charge in [0.25, 0.3) is 5.91 Å². The summed E-state index contributed by atoms with van der Waals surface area (Å²) in [6.07, 6.45) is 1.60. The lowest BCUT2D eigenvalue weighted by atomic mass is 10.1. The Labute approximate surface area is 153 Å². The number of aryl methyl sites for hydroxylation is 1. The lowest BCUT2D eigenvalue weighted by molar-refractivity contribution is -0.121. The fraction of sp³-hybridized carbons (Fsp3) is 0.400. The molecule has 2 amide bonds.